The van der Waals surface area contributed by atoms with E-state index in [4.69, 9.17) is 23.2 Å². The van der Waals surface area contributed by atoms with E-state index in [2.05, 4.69) is 20.8 Å². The molecule has 0 aliphatic carbocycles. The normalized spacial score (nSPS) is 14.1. The monoisotopic (exact) mass is 266 g/mol. The number of alkyl halides is 2. The van der Waals surface area contributed by atoms with Gasteiger partial charge < -0.3 is 0 Å². The van der Waals surface area contributed by atoms with Crippen molar-refractivity contribution in [1.82, 2.24) is 0 Å². The number of hydrogen-bond acceptors (Lipinski definition) is 0. The summed E-state index contributed by atoms with van der Waals surface area (Å²) < 4.78 is 0. The van der Waals surface area contributed by atoms with E-state index in [0.717, 1.165) is 19.3 Å². The molecule has 0 aromatic carbocycles. The molecule has 0 saturated heterocycles. The van der Waals surface area contributed by atoms with Gasteiger partial charge in [-0.1, -0.05) is 59.3 Å². The van der Waals surface area contributed by atoms with Crippen molar-refractivity contribution in [3.63, 3.8) is 0 Å². The molecule has 0 aromatic heterocycles. The molecule has 0 bridgehead atoms. The van der Waals surface area contributed by atoms with Gasteiger partial charge in [0.05, 0.1) is 10.3 Å². The fourth-order valence-corrected chi connectivity index (χ4v) is 2.63. The van der Waals surface area contributed by atoms with E-state index in [1.165, 1.54) is 38.5 Å². The Balaban J connectivity index is 3.60. The van der Waals surface area contributed by atoms with Crippen LogP contribution in [0.5, 0.6) is 0 Å². The second-order valence-corrected chi connectivity index (χ2v) is 6.05. The maximum atomic E-state index is 6.49. The quantitative estimate of drug-likeness (QED) is 0.329. The number of rotatable bonds is 10. The molecular weight excluding hydrogens is 239 g/mol. The highest BCUT2D eigenvalue weighted by molar-refractivity contribution is 6.32. The van der Waals surface area contributed by atoms with Crippen LogP contribution in [-0.2, 0) is 0 Å². The van der Waals surface area contributed by atoms with Crippen LogP contribution in [0.2, 0.25) is 0 Å². The first-order chi connectivity index (χ1) is 7.60. The maximum Gasteiger partial charge on any atom is 0.0604 e. The Morgan fingerprint density at radius 3 is 1.88 bits per heavy atom. The van der Waals surface area contributed by atoms with Crippen LogP contribution in [0.15, 0.2) is 0 Å². The first-order valence-corrected chi connectivity index (χ1v) is 7.75. The first-order valence-electron chi connectivity index (χ1n) is 6.93. The SMILES string of the molecule is CCCCCCCCC(Cl)C(Cl)(CC)CC. The van der Waals surface area contributed by atoms with Gasteiger partial charge in [-0.2, -0.15) is 0 Å². The van der Waals surface area contributed by atoms with E-state index in [9.17, 15) is 0 Å². The van der Waals surface area contributed by atoms with Gasteiger partial charge in [-0.25, -0.2) is 0 Å². The predicted molar refractivity (Wildman–Crippen MR) is 76.8 cm³/mol. The largest absolute Gasteiger partial charge is 0.121 e. The Morgan fingerprint density at radius 1 is 0.875 bits per heavy atom. The summed E-state index contributed by atoms with van der Waals surface area (Å²) >= 11 is 12.9. The average Bonchev–Trinajstić information content (AvgIpc) is 2.32. The molecule has 0 aliphatic rings. The summed E-state index contributed by atoms with van der Waals surface area (Å²) in [5.74, 6) is 0. The molecule has 0 amide bonds. The lowest BCUT2D eigenvalue weighted by molar-refractivity contribution is 0.466. The van der Waals surface area contributed by atoms with Gasteiger partial charge in [-0.05, 0) is 19.3 Å². The van der Waals surface area contributed by atoms with Crippen molar-refractivity contribution in [2.75, 3.05) is 0 Å². The number of unbranched alkanes of at least 4 members (excludes halogenated alkanes) is 5. The maximum absolute atomic E-state index is 6.49. The first kappa shape index (κ1) is 16.6. The van der Waals surface area contributed by atoms with E-state index in [1.54, 1.807) is 0 Å². The fraction of sp³-hybridized carbons (Fsp3) is 1.00. The molecule has 2 heteroatoms. The molecule has 0 fully saturated rings. The molecule has 0 aliphatic heterocycles. The lowest BCUT2D eigenvalue weighted by Crippen LogP contribution is -2.31. The molecule has 0 saturated carbocycles. The zero-order valence-corrected chi connectivity index (χ0v) is 12.7. The van der Waals surface area contributed by atoms with Gasteiger partial charge in [0, 0.05) is 0 Å². The molecule has 0 aromatic rings. The topological polar surface area (TPSA) is 0 Å². The third-order valence-electron chi connectivity index (χ3n) is 3.55. The molecule has 0 nitrogen and oxygen atoms in total. The van der Waals surface area contributed by atoms with Gasteiger partial charge in [-0.15, -0.1) is 23.2 Å². The predicted octanol–water partition coefficient (Wildman–Crippen LogP) is 6.14. The van der Waals surface area contributed by atoms with Gasteiger partial charge in [0.25, 0.3) is 0 Å². The van der Waals surface area contributed by atoms with Crippen molar-refractivity contribution in [2.45, 2.75) is 88.8 Å². The molecule has 16 heavy (non-hydrogen) atoms. The summed E-state index contributed by atoms with van der Waals surface area (Å²) in [6, 6.07) is 0. The van der Waals surface area contributed by atoms with Crippen LogP contribution in [0.4, 0.5) is 0 Å². The summed E-state index contributed by atoms with van der Waals surface area (Å²) in [5, 5.41) is 0.135. The Labute approximate surface area is 112 Å². The standard InChI is InChI=1S/C14H28Cl2/c1-4-7-8-9-10-11-12-13(15)14(16,5-2)6-3/h13H,4-12H2,1-3H3. The van der Waals surface area contributed by atoms with Crippen LogP contribution in [0.3, 0.4) is 0 Å². The molecule has 98 valence electrons. The Hall–Kier alpha value is 0.580. The van der Waals surface area contributed by atoms with E-state index >= 15 is 0 Å². The Bertz CT molecular complexity index is 153. The smallest absolute Gasteiger partial charge is 0.0604 e. The summed E-state index contributed by atoms with van der Waals surface area (Å²) in [5.41, 5.74) is 0. The fourth-order valence-electron chi connectivity index (χ4n) is 2.06. The molecule has 0 N–H and O–H groups in total. The van der Waals surface area contributed by atoms with E-state index in [-0.39, 0.29) is 10.3 Å². The molecule has 1 unspecified atom stereocenters. The Morgan fingerprint density at radius 2 is 1.38 bits per heavy atom. The summed E-state index contributed by atoms with van der Waals surface area (Å²) in [4.78, 5) is -0.176. The van der Waals surface area contributed by atoms with E-state index < -0.39 is 0 Å². The molecule has 0 spiro atoms. The van der Waals surface area contributed by atoms with Crippen molar-refractivity contribution in [1.29, 1.82) is 0 Å². The van der Waals surface area contributed by atoms with Crippen LogP contribution in [-0.4, -0.2) is 10.3 Å². The summed E-state index contributed by atoms with van der Waals surface area (Å²) in [7, 11) is 0. The van der Waals surface area contributed by atoms with Crippen LogP contribution < -0.4 is 0 Å². The minimum atomic E-state index is -0.176. The number of hydrogen-bond donors (Lipinski definition) is 0. The van der Waals surface area contributed by atoms with Crippen molar-refractivity contribution < 1.29 is 0 Å². The zero-order valence-electron chi connectivity index (χ0n) is 11.2. The third kappa shape index (κ3) is 6.35. The second-order valence-electron chi connectivity index (χ2n) is 4.77. The lowest BCUT2D eigenvalue weighted by Gasteiger charge is -2.29. The molecule has 0 rings (SSSR count). The van der Waals surface area contributed by atoms with Crippen LogP contribution in [0, 0.1) is 0 Å². The molecule has 0 heterocycles. The molecule has 0 radical (unpaired) electrons. The van der Waals surface area contributed by atoms with Crippen molar-refractivity contribution in [3.05, 3.63) is 0 Å². The van der Waals surface area contributed by atoms with Crippen molar-refractivity contribution in [3.8, 4) is 0 Å². The summed E-state index contributed by atoms with van der Waals surface area (Å²) in [6.07, 6.45) is 10.9. The highest BCUT2D eigenvalue weighted by Crippen LogP contribution is 2.34. The second kappa shape index (κ2) is 9.59. The zero-order chi connectivity index (χ0) is 12.4. The van der Waals surface area contributed by atoms with Gasteiger partial charge in [0.2, 0.25) is 0 Å². The molecular formula is C14H28Cl2. The highest BCUT2D eigenvalue weighted by atomic mass is 35.5. The van der Waals surface area contributed by atoms with Gasteiger partial charge >= 0.3 is 0 Å². The van der Waals surface area contributed by atoms with Gasteiger partial charge in [-0.3, -0.25) is 0 Å². The van der Waals surface area contributed by atoms with Crippen molar-refractivity contribution >= 4 is 23.2 Å². The number of halogens is 2. The van der Waals surface area contributed by atoms with Crippen LogP contribution in [0.1, 0.15) is 78.6 Å². The van der Waals surface area contributed by atoms with E-state index in [1.807, 2.05) is 0 Å². The highest BCUT2D eigenvalue weighted by Gasteiger charge is 2.31. The molecule has 1 atom stereocenters. The minimum absolute atomic E-state index is 0.135. The minimum Gasteiger partial charge on any atom is -0.121 e. The lowest BCUT2D eigenvalue weighted by atomic mass is 9.94. The third-order valence-corrected chi connectivity index (χ3v) is 5.09. The van der Waals surface area contributed by atoms with Gasteiger partial charge in [0.1, 0.15) is 0 Å². The van der Waals surface area contributed by atoms with Crippen molar-refractivity contribution in [2.24, 2.45) is 0 Å². The average molecular weight is 267 g/mol. The van der Waals surface area contributed by atoms with Crippen LogP contribution in [0.25, 0.3) is 0 Å². The van der Waals surface area contributed by atoms with E-state index in [0.29, 0.717) is 0 Å². The Kier molecular flexibility index (Phi) is 9.94. The van der Waals surface area contributed by atoms with Crippen LogP contribution >= 0.6 is 23.2 Å². The van der Waals surface area contributed by atoms with Gasteiger partial charge in [0.15, 0.2) is 0 Å². The summed E-state index contributed by atoms with van der Waals surface area (Å²) in [6.45, 7) is 6.51.